The highest BCUT2D eigenvalue weighted by atomic mass is 16.2. The van der Waals surface area contributed by atoms with Crippen molar-refractivity contribution in [3.63, 3.8) is 0 Å². The molecular weight excluding hydrogens is 264 g/mol. The third-order valence-electron chi connectivity index (χ3n) is 3.53. The Morgan fingerprint density at radius 3 is 2.43 bits per heavy atom. The molecule has 2 N–H and O–H groups in total. The number of hydrogen-bond acceptors (Lipinski definition) is 2. The van der Waals surface area contributed by atoms with Crippen molar-refractivity contribution in [1.29, 1.82) is 0 Å². The number of amides is 2. The van der Waals surface area contributed by atoms with Gasteiger partial charge in [-0.1, -0.05) is 32.3 Å². The Balaban J connectivity index is 2.29. The highest BCUT2D eigenvalue weighted by Gasteiger charge is 2.08. The summed E-state index contributed by atoms with van der Waals surface area (Å²) in [6, 6.07) is 5.53. The molecule has 2 amide bonds. The van der Waals surface area contributed by atoms with Gasteiger partial charge >= 0.3 is 0 Å². The first-order valence-electron chi connectivity index (χ1n) is 7.66. The van der Waals surface area contributed by atoms with Gasteiger partial charge in [-0.05, 0) is 43.5 Å². The van der Waals surface area contributed by atoms with Gasteiger partial charge in [0.2, 0.25) is 5.91 Å². The molecule has 0 fully saturated rings. The normalized spacial score (nSPS) is 10.2. The molecule has 0 bridgehead atoms. The molecule has 0 heterocycles. The number of carbonyl (C=O) groups excluding carboxylic acids is 2. The average Bonchev–Trinajstić information content (AvgIpc) is 2.47. The molecule has 1 rings (SSSR count). The van der Waals surface area contributed by atoms with Gasteiger partial charge in [-0.25, -0.2) is 0 Å². The number of unbranched alkanes of at least 4 members (excludes halogenated alkanes) is 3. The van der Waals surface area contributed by atoms with Crippen LogP contribution >= 0.6 is 0 Å². The Hall–Kier alpha value is -1.84. The molecule has 4 heteroatoms. The van der Waals surface area contributed by atoms with E-state index in [-0.39, 0.29) is 18.4 Å². The van der Waals surface area contributed by atoms with E-state index in [1.807, 2.05) is 26.0 Å². The number of aryl methyl sites for hydroxylation is 2. The van der Waals surface area contributed by atoms with E-state index in [0.29, 0.717) is 12.1 Å². The highest BCUT2D eigenvalue weighted by Crippen LogP contribution is 2.09. The Bertz CT molecular complexity index is 484. The zero-order valence-electron chi connectivity index (χ0n) is 13.3. The number of rotatable bonds is 8. The molecule has 0 atom stereocenters. The van der Waals surface area contributed by atoms with Crippen molar-refractivity contribution in [2.24, 2.45) is 0 Å². The minimum absolute atomic E-state index is 0.0273. The van der Waals surface area contributed by atoms with Gasteiger partial charge in [-0.15, -0.1) is 0 Å². The van der Waals surface area contributed by atoms with E-state index in [1.54, 1.807) is 6.07 Å². The number of carbonyl (C=O) groups is 2. The number of benzene rings is 1. The molecule has 0 saturated heterocycles. The van der Waals surface area contributed by atoms with Gasteiger partial charge in [0, 0.05) is 12.1 Å². The Labute approximate surface area is 127 Å². The molecule has 21 heavy (non-hydrogen) atoms. The third kappa shape index (κ3) is 6.43. The molecule has 0 aliphatic rings. The summed E-state index contributed by atoms with van der Waals surface area (Å²) in [5, 5.41) is 5.46. The van der Waals surface area contributed by atoms with Gasteiger partial charge in [0.05, 0.1) is 6.54 Å². The van der Waals surface area contributed by atoms with Crippen LogP contribution in [0.4, 0.5) is 0 Å². The first-order valence-corrected chi connectivity index (χ1v) is 7.66. The standard InChI is InChI=1S/C17H26N2O2/c1-4-5-6-7-10-18-16(20)12-19-17(21)15-9-8-13(2)14(3)11-15/h8-9,11H,4-7,10,12H2,1-3H3,(H,18,20)(H,19,21). The smallest absolute Gasteiger partial charge is 0.251 e. The van der Waals surface area contributed by atoms with Crippen molar-refractivity contribution in [3.05, 3.63) is 34.9 Å². The van der Waals surface area contributed by atoms with Crippen molar-refractivity contribution in [1.82, 2.24) is 10.6 Å². The van der Waals surface area contributed by atoms with E-state index in [0.717, 1.165) is 24.0 Å². The van der Waals surface area contributed by atoms with E-state index in [4.69, 9.17) is 0 Å². The lowest BCUT2D eigenvalue weighted by Crippen LogP contribution is -2.37. The minimum atomic E-state index is -0.209. The van der Waals surface area contributed by atoms with Crippen LogP contribution in [0, 0.1) is 13.8 Å². The summed E-state index contributed by atoms with van der Waals surface area (Å²) in [5.74, 6) is -0.345. The topological polar surface area (TPSA) is 58.2 Å². The van der Waals surface area contributed by atoms with E-state index in [2.05, 4.69) is 17.6 Å². The summed E-state index contributed by atoms with van der Waals surface area (Å²) in [4.78, 5) is 23.5. The highest BCUT2D eigenvalue weighted by molar-refractivity contribution is 5.96. The molecule has 0 aliphatic heterocycles. The lowest BCUT2D eigenvalue weighted by molar-refractivity contribution is -0.120. The number of hydrogen-bond donors (Lipinski definition) is 2. The average molecular weight is 290 g/mol. The van der Waals surface area contributed by atoms with Crippen molar-refractivity contribution in [2.75, 3.05) is 13.1 Å². The van der Waals surface area contributed by atoms with E-state index >= 15 is 0 Å². The fourth-order valence-electron chi connectivity index (χ4n) is 1.99. The van der Waals surface area contributed by atoms with Crippen LogP contribution in [0.3, 0.4) is 0 Å². The maximum absolute atomic E-state index is 11.9. The van der Waals surface area contributed by atoms with Crippen molar-refractivity contribution < 1.29 is 9.59 Å². The fraction of sp³-hybridized carbons (Fsp3) is 0.529. The monoisotopic (exact) mass is 290 g/mol. The molecule has 1 aromatic carbocycles. The SMILES string of the molecule is CCCCCCNC(=O)CNC(=O)c1ccc(C)c(C)c1. The molecule has 0 aliphatic carbocycles. The van der Waals surface area contributed by atoms with Crippen molar-refractivity contribution in [3.8, 4) is 0 Å². The van der Waals surface area contributed by atoms with Gasteiger partial charge in [0.25, 0.3) is 5.91 Å². The predicted molar refractivity (Wildman–Crippen MR) is 85.4 cm³/mol. The lowest BCUT2D eigenvalue weighted by Gasteiger charge is -2.08. The molecule has 0 saturated carbocycles. The van der Waals surface area contributed by atoms with Crippen LogP contribution in [-0.4, -0.2) is 24.9 Å². The molecule has 116 valence electrons. The van der Waals surface area contributed by atoms with Crippen LogP contribution in [0.1, 0.15) is 54.1 Å². The Morgan fingerprint density at radius 2 is 1.76 bits per heavy atom. The first-order chi connectivity index (χ1) is 10.0. The number of nitrogens with one attached hydrogen (secondary N) is 2. The van der Waals surface area contributed by atoms with Crippen molar-refractivity contribution in [2.45, 2.75) is 46.5 Å². The quantitative estimate of drug-likeness (QED) is 0.723. The summed E-state index contributed by atoms with van der Waals surface area (Å²) in [6.45, 7) is 6.83. The molecule has 1 aromatic rings. The van der Waals surface area contributed by atoms with Gasteiger partial charge in [-0.3, -0.25) is 9.59 Å². The second-order valence-corrected chi connectivity index (χ2v) is 5.39. The van der Waals surface area contributed by atoms with Gasteiger partial charge in [0.15, 0.2) is 0 Å². The predicted octanol–water partition coefficient (Wildman–Crippen LogP) is 2.73. The largest absolute Gasteiger partial charge is 0.355 e. The molecular formula is C17H26N2O2. The summed E-state index contributed by atoms with van der Waals surface area (Å²) in [7, 11) is 0. The van der Waals surface area contributed by atoms with Crippen LogP contribution in [0.25, 0.3) is 0 Å². The van der Waals surface area contributed by atoms with Gasteiger partial charge < -0.3 is 10.6 Å². The van der Waals surface area contributed by atoms with Crippen LogP contribution in [0.15, 0.2) is 18.2 Å². The van der Waals surface area contributed by atoms with Crippen LogP contribution < -0.4 is 10.6 Å². The van der Waals surface area contributed by atoms with Crippen LogP contribution in [0.5, 0.6) is 0 Å². The molecule has 0 aromatic heterocycles. The van der Waals surface area contributed by atoms with Crippen LogP contribution in [0.2, 0.25) is 0 Å². The summed E-state index contributed by atoms with van der Waals surface area (Å²) < 4.78 is 0. The van der Waals surface area contributed by atoms with Crippen LogP contribution in [-0.2, 0) is 4.79 Å². The molecule has 0 spiro atoms. The summed E-state index contributed by atoms with van der Waals surface area (Å²) in [5.41, 5.74) is 2.81. The molecule has 4 nitrogen and oxygen atoms in total. The maximum atomic E-state index is 11.9. The summed E-state index contributed by atoms with van der Waals surface area (Å²) >= 11 is 0. The summed E-state index contributed by atoms with van der Waals surface area (Å²) in [6.07, 6.45) is 4.50. The lowest BCUT2D eigenvalue weighted by atomic mass is 10.1. The zero-order valence-corrected chi connectivity index (χ0v) is 13.3. The van der Waals surface area contributed by atoms with E-state index in [9.17, 15) is 9.59 Å². The third-order valence-corrected chi connectivity index (χ3v) is 3.53. The fourth-order valence-corrected chi connectivity index (χ4v) is 1.99. The molecule has 0 unspecified atom stereocenters. The van der Waals surface area contributed by atoms with Crippen molar-refractivity contribution >= 4 is 11.8 Å². The Kier molecular flexibility index (Phi) is 7.51. The first kappa shape index (κ1) is 17.2. The zero-order chi connectivity index (χ0) is 15.7. The van der Waals surface area contributed by atoms with E-state index < -0.39 is 0 Å². The minimum Gasteiger partial charge on any atom is -0.355 e. The van der Waals surface area contributed by atoms with Gasteiger partial charge in [0.1, 0.15) is 0 Å². The van der Waals surface area contributed by atoms with Gasteiger partial charge in [-0.2, -0.15) is 0 Å². The maximum Gasteiger partial charge on any atom is 0.251 e. The Morgan fingerprint density at radius 1 is 1.00 bits per heavy atom. The van der Waals surface area contributed by atoms with E-state index in [1.165, 1.54) is 12.8 Å². The molecule has 0 radical (unpaired) electrons. The second kappa shape index (κ2) is 9.16. The second-order valence-electron chi connectivity index (χ2n) is 5.39.